The van der Waals surface area contributed by atoms with Crippen molar-refractivity contribution in [3.05, 3.63) is 12.2 Å². The molecule has 5 rings (SSSR count). The van der Waals surface area contributed by atoms with Crippen molar-refractivity contribution < 1.29 is 15.0 Å². The lowest BCUT2D eigenvalue weighted by Gasteiger charge is -2.71. The number of carbonyl (C=O) groups is 1. The molecule has 3 heteroatoms. The Hall–Kier alpha value is -0.830. The van der Waals surface area contributed by atoms with Crippen LogP contribution in [0, 0.1) is 51.2 Å². The lowest BCUT2D eigenvalue weighted by atomic mass is 9.33. The molecule has 0 heterocycles. The van der Waals surface area contributed by atoms with Crippen molar-refractivity contribution in [3.8, 4) is 0 Å². The molecule has 5 fully saturated rings. The molecule has 0 saturated heterocycles. The minimum absolute atomic E-state index is 0.102. The second-order valence-corrected chi connectivity index (χ2v) is 13.2. The first-order valence-electron chi connectivity index (χ1n) is 13.1. The predicted octanol–water partition coefficient (Wildman–Crippen LogP) is 6.45. The lowest BCUT2D eigenvalue weighted by Crippen LogP contribution is -2.65. The number of aliphatic carboxylic acids is 1. The third-order valence-electron chi connectivity index (χ3n) is 12.5. The summed E-state index contributed by atoms with van der Waals surface area (Å²) in [7, 11) is 0. The van der Waals surface area contributed by atoms with Crippen LogP contribution in [0.5, 0.6) is 0 Å². The van der Waals surface area contributed by atoms with Crippen molar-refractivity contribution in [2.75, 3.05) is 0 Å². The molecular formula is C28H44O3. The SMILES string of the molecule is C=C(C)C1CCC2(C(=O)O)CCC3(C)C(CCC4C5(C)CCC(O)CC5CCC43C)C12. The average molecular weight is 429 g/mol. The van der Waals surface area contributed by atoms with Crippen molar-refractivity contribution in [3.63, 3.8) is 0 Å². The number of aliphatic hydroxyl groups excluding tert-OH is 1. The quantitative estimate of drug-likeness (QED) is 0.497. The fourth-order valence-electron chi connectivity index (χ4n) is 10.6. The number of rotatable bonds is 2. The van der Waals surface area contributed by atoms with Gasteiger partial charge in [-0.15, -0.1) is 0 Å². The van der Waals surface area contributed by atoms with Crippen LogP contribution in [0.1, 0.15) is 98.3 Å². The number of hydrogen-bond donors (Lipinski definition) is 2. The highest BCUT2D eigenvalue weighted by atomic mass is 16.4. The standard InChI is InChI=1S/C28H44O3/c1-17(2)20-10-13-28(24(30)31)15-14-26(4)21(23(20)28)6-7-22-25(3)11-9-19(29)16-18(25)8-12-27(22,26)5/h18-23,29H,1,6-16H2,2-5H3,(H,30,31). The van der Waals surface area contributed by atoms with Crippen molar-refractivity contribution in [1.82, 2.24) is 0 Å². The average Bonchev–Trinajstić information content (AvgIpc) is 3.11. The van der Waals surface area contributed by atoms with Gasteiger partial charge in [-0.3, -0.25) is 4.79 Å². The Kier molecular flexibility index (Phi) is 4.85. The van der Waals surface area contributed by atoms with E-state index in [2.05, 4.69) is 34.3 Å². The van der Waals surface area contributed by atoms with Gasteiger partial charge in [0.1, 0.15) is 0 Å². The Morgan fingerprint density at radius 1 is 0.903 bits per heavy atom. The molecule has 0 bridgehead atoms. The van der Waals surface area contributed by atoms with E-state index in [1.165, 1.54) is 31.3 Å². The van der Waals surface area contributed by atoms with Gasteiger partial charge < -0.3 is 10.2 Å². The van der Waals surface area contributed by atoms with E-state index in [9.17, 15) is 15.0 Å². The molecule has 10 atom stereocenters. The van der Waals surface area contributed by atoms with Gasteiger partial charge in [-0.25, -0.2) is 0 Å². The maximum atomic E-state index is 12.7. The van der Waals surface area contributed by atoms with E-state index in [0.29, 0.717) is 29.1 Å². The van der Waals surface area contributed by atoms with Gasteiger partial charge in [0.05, 0.1) is 11.5 Å². The van der Waals surface area contributed by atoms with Crippen LogP contribution in [0.15, 0.2) is 12.2 Å². The van der Waals surface area contributed by atoms with Gasteiger partial charge in [-0.1, -0.05) is 32.9 Å². The summed E-state index contributed by atoms with van der Waals surface area (Å²) >= 11 is 0. The number of fused-ring (bicyclic) bond motifs is 7. The van der Waals surface area contributed by atoms with E-state index >= 15 is 0 Å². The fourth-order valence-corrected chi connectivity index (χ4v) is 10.6. The summed E-state index contributed by atoms with van der Waals surface area (Å²) in [6, 6.07) is 0. The van der Waals surface area contributed by atoms with Gasteiger partial charge in [0, 0.05) is 0 Å². The highest BCUT2D eigenvalue weighted by Gasteiger charge is 2.70. The topological polar surface area (TPSA) is 57.5 Å². The van der Waals surface area contributed by atoms with E-state index in [-0.39, 0.29) is 22.9 Å². The van der Waals surface area contributed by atoms with E-state index in [4.69, 9.17) is 0 Å². The first-order valence-corrected chi connectivity index (χ1v) is 13.1. The smallest absolute Gasteiger partial charge is 0.309 e. The molecule has 0 aromatic carbocycles. The third-order valence-corrected chi connectivity index (χ3v) is 12.5. The summed E-state index contributed by atoms with van der Waals surface area (Å²) in [5, 5.41) is 20.8. The molecule has 5 saturated carbocycles. The first-order chi connectivity index (χ1) is 14.5. The Morgan fingerprint density at radius 3 is 2.32 bits per heavy atom. The number of hydrogen-bond acceptors (Lipinski definition) is 2. The molecule has 5 aliphatic rings. The largest absolute Gasteiger partial charge is 0.481 e. The summed E-state index contributed by atoms with van der Waals surface area (Å²) < 4.78 is 0. The predicted molar refractivity (Wildman–Crippen MR) is 123 cm³/mol. The molecular weight excluding hydrogens is 384 g/mol. The molecule has 10 unspecified atom stereocenters. The Bertz CT molecular complexity index is 789. The molecule has 3 nitrogen and oxygen atoms in total. The molecule has 2 N–H and O–H groups in total. The van der Waals surface area contributed by atoms with Crippen LogP contribution in [0.25, 0.3) is 0 Å². The van der Waals surface area contributed by atoms with E-state index in [0.717, 1.165) is 44.9 Å². The molecule has 0 aliphatic heterocycles. The number of allylic oxidation sites excluding steroid dienone is 1. The van der Waals surface area contributed by atoms with Gasteiger partial charge in [0.25, 0.3) is 0 Å². The normalized spacial score (nSPS) is 56.0. The van der Waals surface area contributed by atoms with Gasteiger partial charge in [0.2, 0.25) is 0 Å². The van der Waals surface area contributed by atoms with Crippen molar-refractivity contribution in [2.24, 2.45) is 51.2 Å². The van der Waals surface area contributed by atoms with Crippen LogP contribution in [0.2, 0.25) is 0 Å². The van der Waals surface area contributed by atoms with Gasteiger partial charge in [-0.05, 0) is 123 Å². The maximum absolute atomic E-state index is 12.7. The molecule has 0 radical (unpaired) electrons. The zero-order chi connectivity index (χ0) is 22.4. The van der Waals surface area contributed by atoms with Crippen LogP contribution in [0.4, 0.5) is 0 Å². The zero-order valence-electron chi connectivity index (χ0n) is 20.3. The van der Waals surface area contributed by atoms with Crippen LogP contribution < -0.4 is 0 Å². The molecule has 174 valence electrons. The molecule has 0 aromatic rings. The third kappa shape index (κ3) is 2.65. The fraction of sp³-hybridized carbons (Fsp3) is 0.893. The lowest BCUT2D eigenvalue weighted by molar-refractivity contribution is -0.229. The summed E-state index contributed by atoms with van der Waals surface area (Å²) in [6.45, 7) is 14.2. The maximum Gasteiger partial charge on any atom is 0.309 e. The van der Waals surface area contributed by atoms with Crippen LogP contribution in [-0.4, -0.2) is 22.3 Å². The number of aliphatic hydroxyl groups is 1. The molecule has 0 spiro atoms. The van der Waals surface area contributed by atoms with Crippen LogP contribution >= 0.6 is 0 Å². The van der Waals surface area contributed by atoms with E-state index in [1.807, 2.05) is 0 Å². The highest BCUT2D eigenvalue weighted by Crippen LogP contribution is 2.76. The second kappa shape index (κ2) is 6.84. The van der Waals surface area contributed by atoms with Crippen molar-refractivity contribution >= 4 is 5.97 Å². The summed E-state index contributed by atoms with van der Waals surface area (Å²) in [5.74, 6) is 1.96. The molecule has 0 aromatic heterocycles. The Labute approximate surface area is 189 Å². The van der Waals surface area contributed by atoms with Crippen LogP contribution in [0.3, 0.4) is 0 Å². The molecule has 5 aliphatic carbocycles. The van der Waals surface area contributed by atoms with Gasteiger partial charge in [-0.2, -0.15) is 0 Å². The monoisotopic (exact) mass is 428 g/mol. The van der Waals surface area contributed by atoms with Crippen molar-refractivity contribution in [2.45, 2.75) is 104 Å². The molecule has 0 amide bonds. The summed E-state index contributed by atoms with van der Waals surface area (Å²) in [4.78, 5) is 12.7. The van der Waals surface area contributed by atoms with Gasteiger partial charge in [0.15, 0.2) is 0 Å². The highest BCUT2D eigenvalue weighted by molar-refractivity contribution is 5.76. The summed E-state index contributed by atoms with van der Waals surface area (Å²) in [6.07, 6.45) is 11.7. The first kappa shape index (κ1) is 22.0. The Morgan fingerprint density at radius 2 is 1.65 bits per heavy atom. The molecule has 31 heavy (non-hydrogen) atoms. The minimum atomic E-state index is -0.535. The summed E-state index contributed by atoms with van der Waals surface area (Å²) in [5.41, 5.74) is 1.51. The number of carboxylic acids is 1. The van der Waals surface area contributed by atoms with E-state index < -0.39 is 11.4 Å². The van der Waals surface area contributed by atoms with Crippen molar-refractivity contribution in [1.29, 1.82) is 0 Å². The van der Waals surface area contributed by atoms with E-state index in [1.54, 1.807) is 0 Å². The minimum Gasteiger partial charge on any atom is -0.481 e. The zero-order valence-corrected chi connectivity index (χ0v) is 20.3. The Balaban J connectivity index is 1.55. The second-order valence-electron chi connectivity index (χ2n) is 13.2. The van der Waals surface area contributed by atoms with Gasteiger partial charge >= 0.3 is 5.97 Å². The number of carboxylic acid groups (broad SMARTS) is 1. The van der Waals surface area contributed by atoms with Crippen LogP contribution in [-0.2, 0) is 4.79 Å².